The summed E-state index contributed by atoms with van der Waals surface area (Å²) in [5.74, 6) is -2.19. The largest absolute Gasteiger partial charge is 0.481 e. The van der Waals surface area contributed by atoms with Crippen LogP contribution in [0.5, 0.6) is 5.88 Å². The number of ether oxygens (including phenoxy) is 1. The molecule has 2 aromatic carbocycles. The first-order valence-corrected chi connectivity index (χ1v) is 11.5. The smallest absolute Gasteiger partial charge is 0.305 e. The first-order chi connectivity index (χ1) is 17.3. The molecule has 1 amide bonds. The molecule has 0 bridgehead atoms. The Morgan fingerprint density at radius 2 is 1.81 bits per heavy atom. The van der Waals surface area contributed by atoms with Crippen molar-refractivity contribution in [3.05, 3.63) is 71.8 Å². The maximum Gasteiger partial charge on any atom is 0.305 e. The molecule has 36 heavy (non-hydrogen) atoms. The summed E-state index contributed by atoms with van der Waals surface area (Å²) >= 11 is 0. The van der Waals surface area contributed by atoms with E-state index in [0.29, 0.717) is 5.56 Å². The molecule has 0 radical (unpaired) electrons. The van der Waals surface area contributed by atoms with Gasteiger partial charge in [0.1, 0.15) is 18.2 Å². The minimum atomic E-state index is -0.975. The van der Waals surface area contributed by atoms with Gasteiger partial charge in [0.05, 0.1) is 18.2 Å². The van der Waals surface area contributed by atoms with Crippen LogP contribution in [0, 0.1) is 17.6 Å². The van der Waals surface area contributed by atoms with Gasteiger partial charge in [0.25, 0.3) is 5.91 Å². The van der Waals surface area contributed by atoms with E-state index in [0.717, 1.165) is 24.2 Å². The third-order valence-corrected chi connectivity index (χ3v) is 5.71. The number of carboxylic acids is 1. The van der Waals surface area contributed by atoms with Crippen LogP contribution in [0.15, 0.2) is 54.6 Å². The number of aliphatic carboxylic acids is 1. The van der Waals surface area contributed by atoms with Gasteiger partial charge in [-0.1, -0.05) is 20.3 Å². The predicted molar refractivity (Wildman–Crippen MR) is 131 cm³/mol. The summed E-state index contributed by atoms with van der Waals surface area (Å²) in [7, 11) is 0. The van der Waals surface area contributed by atoms with Gasteiger partial charge >= 0.3 is 5.97 Å². The number of hydrogen-bond acceptors (Lipinski definition) is 6. The topological polar surface area (TPSA) is 113 Å². The second kappa shape index (κ2) is 12.6. The highest BCUT2D eigenvalue weighted by atomic mass is 19.1. The summed E-state index contributed by atoms with van der Waals surface area (Å²) in [4.78, 5) is 22.7. The van der Waals surface area contributed by atoms with Crippen molar-refractivity contribution in [1.82, 2.24) is 15.5 Å². The maximum atomic E-state index is 14.0. The monoisotopic (exact) mass is 498 g/mol. The lowest BCUT2D eigenvalue weighted by Gasteiger charge is -2.25. The Labute approximate surface area is 207 Å². The molecule has 1 heterocycles. The second-order valence-corrected chi connectivity index (χ2v) is 8.31. The normalized spacial score (nSPS) is 12.4. The van der Waals surface area contributed by atoms with Gasteiger partial charge in [-0.3, -0.25) is 9.59 Å². The molecule has 0 saturated carbocycles. The van der Waals surface area contributed by atoms with Crippen molar-refractivity contribution in [2.24, 2.45) is 5.92 Å². The van der Waals surface area contributed by atoms with Gasteiger partial charge in [-0.05, 0) is 48.4 Å². The number of carboxylic acid groups (broad SMARTS) is 1. The summed E-state index contributed by atoms with van der Waals surface area (Å²) < 4.78 is 33.0. The molecule has 0 aliphatic heterocycles. The molecule has 8 nitrogen and oxygen atoms in total. The zero-order valence-electron chi connectivity index (χ0n) is 20.0. The summed E-state index contributed by atoms with van der Waals surface area (Å²) in [6, 6.07) is 13.2. The van der Waals surface area contributed by atoms with E-state index in [1.807, 2.05) is 0 Å². The minimum absolute atomic E-state index is 0.0598. The lowest BCUT2D eigenvalue weighted by Crippen LogP contribution is -2.33. The van der Waals surface area contributed by atoms with Gasteiger partial charge in [-0.15, -0.1) is 10.2 Å². The van der Waals surface area contributed by atoms with E-state index in [-0.39, 0.29) is 54.6 Å². The Morgan fingerprint density at radius 1 is 1.06 bits per heavy atom. The standard InChI is InChI=1S/C26H28F2N4O4/c1-3-16(2)23(30-19-7-4-17(5-8-19)26(35)29-13-12-25(33)34)15-36-24-11-10-22(31-32-24)20-9-6-18(27)14-21(20)28/h4-11,14,16,23,30H,3,12-13,15H2,1-2H3,(H,29,35)(H,33,34). The van der Waals surface area contributed by atoms with Crippen LogP contribution in [0.2, 0.25) is 0 Å². The van der Waals surface area contributed by atoms with Crippen LogP contribution in [0.4, 0.5) is 14.5 Å². The van der Waals surface area contributed by atoms with E-state index >= 15 is 0 Å². The van der Waals surface area contributed by atoms with Crippen molar-refractivity contribution in [1.29, 1.82) is 0 Å². The Hall–Kier alpha value is -4.08. The minimum Gasteiger partial charge on any atom is -0.481 e. The van der Waals surface area contributed by atoms with Gasteiger partial charge in [0.15, 0.2) is 0 Å². The molecule has 0 spiro atoms. The molecule has 2 atom stereocenters. The van der Waals surface area contributed by atoms with Gasteiger partial charge in [-0.2, -0.15) is 0 Å². The van der Waals surface area contributed by atoms with E-state index < -0.39 is 17.6 Å². The number of hydrogen-bond donors (Lipinski definition) is 3. The van der Waals surface area contributed by atoms with Crippen LogP contribution >= 0.6 is 0 Å². The third kappa shape index (κ3) is 7.46. The average molecular weight is 499 g/mol. The zero-order valence-corrected chi connectivity index (χ0v) is 20.0. The van der Waals surface area contributed by atoms with Crippen LogP contribution in [0.25, 0.3) is 11.3 Å². The molecule has 10 heteroatoms. The molecular formula is C26H28F2N4O4. The molecule has 2 unspecified atom stereocenters. The molecule has 0 aliphatic carbocycles. The number of carbonyl (C=O) groups is 2. The summed E-state index contributed by atoms with van der Waals surface area (Å²) in [6.45, 7) is 4.49. The third-order valence-electron chi connectivity index (χ3n) is 5.71. The van der Waals surface area contributed by atoms with Crippen molar-refractivity contribution in [3.63, 3.8) is 0 Å². The van der Waals surface area contributed by atoms with E-state index in [1.54, 1.807) is 36.4 Å². The van der Waals surface area contributed by atoms with E-state index in [2.05, 4.69) is 34.7 Å². The lowest BCUT2D eigenvalue weighted by atomic mass is 9.99. The van der Waals surface area contributed by atoms with Crippen molar-refractivity contribution >= 4 is 17.6 Å². The molecule has 3 rings (SSSR count). The number of anilines is 1. The molecule has 3 aromatic rings. The number of aromatic nitrogens is 2. The highest BCUT2D eigenvalue weighted by Gasteiger charge is 2.18. The Morgan fingerprint density at radius 3 is 2.42 bits per heavy atom. The van der Waals surface area contributed by atoms with Gasteiger partial charge < -0.3 is 20.5 Å². The highest BCUT2D eigenvalue weighted by Crippen LogP contribution is 2.23. The SMILES string of the molecule is CCC(C)C(COc1ccc(-c2ccc(F)cc2F)nn1)Nc1ccc(C(=O)NCCC(=O)O)cc1. The van der Waals surface area contributed by atoms with Crippen LogP contribution in [0.3, 0.4) is 0 Å². The lowest BCUT2D eigenvalue weighted by molar-refractivity contribution is -0.136. The van der Waals surface area contributed by atoms with Gasteiger partial charge in [-0.25, -0.2) is 8.78 Å². The van der Waals surface area contributed by atoms with E-state index in [4.69, 9.17) is 9.84 Å². The fourth-order valence-corrected chi connectivity index (χ4v) is 3.36. The Kier molecular flexibility index (Phi) is 9.26. The molecule has 3 N–H and O–H groups in total. The van der Waals surface area contributed by atoms with Crippen molar-refractivity contribution in [2.45, 2.75) is 32.7 Å². The number of nitrogens with zero attached hydrogens (tertiary/aromatic N) is 2. The van der Waals surface area contributed by atoms with Crippen LogP contribution in [-0.2, 0) is 4.79 Å². The summed E-state index contributed by atoms with van der Waals surface area (Å²) in [5, 5.41) is 22.6. The molecule has 0 aliphatic rings. The first-order valence-electron chi connectivity index (χ1n) is 11.5. The maximum absolute atomic E-state index is 14.0. The zero-order chi connectivity index (χ0) is 26.1. The molecule has 0 saturated heterocycles. The molecule has 190 valence electrons. The number of carbonyl (C=O) groups excluding carboxylic acids is 1. The van der Waals surface area contributed by atoms with Crippen molar-refractivity contribution in [2.75, 3.05) is 18.5 Å². The Bertz CT molecular complexity index is 1170. The van der Waals surface area contributed by atoms with Crippen molar-refractivity contribution in [3.8, 4) is 17.1 Å². The van der Waals surface area contributed by atoms with Gasteiger partial charge in [0, 0.05) is 35.5 Å². The quantitative estimate of drug-likeness (QED) is 0.336. The fraction of sp³-hybridized carbons (Fsp3) is 0.308. The number of rotatable bonds is 12. The second-order valence-electron chi connectivity index (χ2n) is 8.31. The van der Waals surface area contributed by atoms with E-state index in [1.165, 1.54) is 6.07 Å². The van der Waals surface area contributed by atoms with Crippen LogP contribution in [0.1, 0.15) is 37.0 Å². The number of amides is 1. The van der Waals surface area contributed by atoms with Crippen LogP contribution < -0.4 is 15.4 Å². The molecule has 0 fully saturated rings. The average Bonchev–Trinajstić information content (AvgIpc) is 2.86. The molecule has 1 aromatic heterocycles. The molecular weight excluding hydrogens is 470 g/mol. The van der Waals surface area contributed by atoms with E-state index in [9.17, 15) is 18.4 Å². The summed E-state index contributed by atoms with van der Waals surface area (Å²) in [6.07, 6.45) is 0.748. The summed E-state index contributed by atoms with van der Waals surface area (Å²) in [5.41, 5.74) is 1.63. The predicted octanol–water partition coefficient (Wildman–Crippen LogP) is 4.53. The highest BCUT2D eigenvalue weighted by molar-refractivity contribution is 5.94. The number of benzene rings is 2. The van der Waals surface area contributed by atoms with Gasteiger partial charge in [0.2, 0.25) is 5.88 Å². The number of halogens is 2. The van der Waals surface area contributed by atoms with Crippen molar-refractivity contribution < 1.29 is 28.2 Å². The number of nitrogens with one attached hydrogen (secondary N) is 2. The van der Waals surface area contributed by atoms with Crippen LogP contribution in [-0.4, -0.2) is 46.4 Å². The Balaban J connectivity index is 1.60. The fourth-order valence-electron chi connectivity index (χ4n) is 3.36. The first kappa shape index (κ1) is 26.5.